The van der Waals surface area contributed by atoms with Crippen LogP contribution in [-0.2, 0) is 6.42 Å². The van der Waals surface area contributed by atoms with E-state index >= 15 is 0 Å². The molecule has 1 aromatic heterocycles. The van der Waals surface area contributed by atoms with Crippen LogP contribution >= 0.6 is 0 Å². The minimum atomic E-state index is -0.246. The minimum absolute atomic E-state index is 0.129. The summed E-state index contributed by atoms with van der Waals surface area (Å²) in [6, 6.07) is 13.4. The van der Waals surface area contributed by atoms with Gasteiger partial charge in [0, 0.05) is 24.2 Å². The third-order valence-electron chi connectivity index (χ3n) is 4.41. The molecule has 2 aromatic carbocycles. The molecule has 27 heavy (non-hydrogen) atoms. The van der Waals surface area contributed by atoms with Crippen LogP contribution < -0.4 is 14.8 Å². The Morgan fingerprint density at radius 3 is 2.93 bits per heavy atom. The monoisotopic (exact) mass is 363 g/mol. The van der Waals surface area contributed by atoms with Crippen LogP contribution in [0.15, 0.2) is 54.9 Å². The molecule has 4 rings (SSSR count). The molecule has 6 nitrogen and oxygen atoms in total. The number of para-hydroxylation sites is 1. The first-order valence-corrected chi connectivity index (χ1v) is 9.02. The van der Waals surface area contributed by atoms with E-state index in [1.54, 1.807) is 17.1 Å². The third-order valence-corrected chi connectivity index (χ3v) is 4.41. The Hall–Kier alpha value is -3.28. The van der Waals surface area contributed by atoms with Gasteiger partial charge in [-0.1, -0.05) is 18.2 Å². The molecule has 2 heterocycles. The van der Waals surface area contributed by atoms with Crippen molar-refractivity contribution in [3.8, 4) is 17.2 Å². The fourth-order valence-corrected chi connectivity index (χ4v) is 3.17. The summed E-state index contributed by atoms with van der Waals surface area (Å²) in [5.74, 6) is 1.20. The Bertz CT molecular complexity index is 966. The lowest BCUT2D eigenvalue weighted by molar-refractivity contribution is 0.102. The quantitative estimate of drug-likeness (QED) is 0.748. The fraction of sp³-hybridized carbons (Fsp3) is 0.238. The van der Waals surface area contributed by atoms with Gasteiger partial charge in [0.15, 0.2) is 0 Å². The summed E-state index contributed by atoms with van der Waals surface area (Å²) in [6.07, 6.45) is 4.23. The first kappa shape index (κ1) is 17.1. The zero-order valence-corrected chi connectivity index (χ0v) is 15.3. The van der Waals surface area contributed by atoms with E-state index in [1.807, 2.05) is 56.3 Å². The second-order valence-electron chi connectivity index (χ2n) is 6.48. The van der Waals surface area contributed by atoms with Gasteiger partial charge >= 0.3 is 0 Å². The highest BCUT2D eigenvalue weighted by Crippen LogP contribution is 2.38. The van der Waals surface area contributed by atoms with Crippen molar-refractivity contribution in [3.05, 3.63) is 66.0 Å². The van der Waals surface area contributed by atoms with Crippen molar-refractivity contribution in [2.45, 2.75) is 26.4 Å². The number of hydrogen-bond acceptors (Lipinski definition) is 4. The van der Waals surface area contributed by atoms with Gasteiger partial charge in [0.2, 0.25) is 0 Å². The maximum Gasteiger partial charge on any atom is 0.258 e. The predicted molar refractivity (Wildman–Crippen MR) is 103 cm³/mol. The molecule has 0 saturated heterocycles. The summed E-state index contributed by atoms with van der Waals surface area (Å²) in [6.45, 7) is 4.46. The summed E-state index contributed by atoms with van der Waals surface area (Å²) in [5.41, 5.74) is 3.06. The number of nitrogens with one attached hydrogen (secondary N) is 1. The Balaban J connectivity index is 1.58. The van der Waals surface area contributed by atoms with Crippen molar-refractivity contribution in [3.63, 3.8) is 0 Å². The lowest BCUT2D eigenvalue weighted by Crippen LogP contribution is -2.12. The zero-order valence-electron chi connectivity index (χ0n) is 15.3. The Morgan fingerprint density at radius 1 is 1.33 bits per heavy atom. The van der Waals surface area contributed by atoms with Gasteiger partial charge in [0.25, 0.3) is 5.91 Å². The summed E-state index contributed by atoms with van der Waals surface area (Å²) in [7, 11) is 0. The van der Waals surface area contributed by atoms with Gasteiger partial charge in [-0.3, -0.25) is 4.79 Å². The molecule has 6 heteroatoms. The van der Waals surface area contributed by atoms with Gasteiger partial charge in [0.05, 0.1) is 29.7 Å². The molecule has 0 radical (unpaired) electrons. The topological polar surface area (TPSA) is 65.4 Å². The maximum atomic E-state index is 12.7. The molecule has 1 amide bonds. The molecule has 0 fully saturated rings. The average molecular weight is 363 g/mol. The van der Waals surface area contributed by atoms with Crippen molar-refractivity contribution in [2.24, 2.45) is 0 Å². The molecule has 1 aliphatic rings. The normalized spacial score (nSPS) is 15.1. The van der Waals surface area contributed by atoms with Crippen LogP contribution in [-0.4, -0.2) is 28.4 Å². The first-order valence-electron chi connectivity index (χ1n) is 9.02. The number of aromatic nitrogens is 2. The molecule has 3 aromatic rings. The first-order chi connectivity index (χ1) is 13.1. The van der Waals surface area contributed by atoms with Crippen molar-refractivity contribution in [2.75, 3.05) is 11.9 Å². The van der Waals surface area contributed by atoms with E-state index < -0.39 is 0 Å². The number of rotatable bonds is 5. The Labute approximate surface area is 157 Å². The lowest BCUT2D eigenvalue weighted by Gasteiger charge is -2.13. The molecule has 1 aliphatic heterocycles. The van der Waals surface area contributed by atoms with Crippen molar-refractivity contribution in [1.82, 2.24) is 9.78 Å². The summed E-state index contributed by atoms with van der Waals surface area (Å²) in [4.78, 5) is 12.7. The Kier molecular flexibility index (Phi) is 4.54. The van der Waals surface area contributed by atoms with Gasteiger partial charge < -0.3 is 14.8 Å². The van der Waals surface area contributed by atoms with E-state index in [2.05, 4.69) is 10.4 Å². The number of amides is 1. The van der Waals surface area contributed by atoms with Gasteiger partial charge in [-0.15, -0.1) is 0 Å². The molecule has 1 atom stereocenters. The van der Waals surface area contributed by atoms with Crippen molar-refractivity contribution in [1.29, 1.82) is 0 Å². The van der Waals surface area contributed by atoms with E-state index in [1.165, 1.54) is 0 Å². The zero-order chi connectivity index (χ0) is 18.8. The molecule has 0 saturated carbocycles. The lowest BCUT2D eigenvalue weighted by atomic mass is 10.1. The van der Waals surface area contributed by atoms with Crippen molar-refractivity contribution < 1.29 is 14.3 Å². The number of anilines is 1. The van der Waals surface area contributed by atoms with E-state index in [4.69, 9.17) is 9.47 Å². The molecule has 0 spiro atoms. The molecule has 1 unspecified atom stereocenters. The number of carbonyl (C=O) groups excluding carboxylic acids is 1. The highest BCUT2D eigenvalue weighted by molar-refractivity contribution is 6.05. The number of hydrogen-bond donors (Lipinski definition) is 1. The molecule has 1 N–H and O–H groups in total. The molecule has 138 valence electrons. The molecule has 0 bridgehead atoms. The summed E-state index contributed by atoms with van der Waals surface area (Å²) in [5, 5.41) is 7.20. The summed E-state index contributed by atoms with van der Waals surface area (Å²) >= 11 is 0. The second kappa shape index (κ2) is 7.15. The average Bonchev–Trinajstić information content (AvgIpc) is 3.29. The molecule has 0 aliphatic carbocycles. The van der Waals surface area contributed by atoms with Gasteiger partial charge in [0.1, 0.15) is 17.6 Å². The predicted octanol–water partition coefficient (Wildman–Crippen LogP) is 3.85. The Morgan fingerprint density at radius 2 is 2.15 bits per heavy atom. The third kappa shape index (κ3) is 3.51. The summed E-state index contributed by atoms with van der Waals surface area (Å²) < 4.78 is 13.2. The van der Waals surface area contributed by atoms with Crippen LogP contribution in [0, 0.1) is 0 Å². The smallest absolute Gasteiger partial charge is 0.258 e. The second-order valence-corrected chi connectivity index (χ2v) is 6.48. The van der Waals surface area contributed by atoms with Gasteiger partial charge in [-0.25, -0.2) is 4.68 Å². The fourth-order valence-electron chi connectivity index (χ4n) is 3.17. The number of fused-ring (bicyclic) bond motifs is 1. The van der Waals surface area contributed by atoms with E-state index in [-0.39, 0.29) is 12.0 Å². The highest BCUT2D eigenvalue weighted by atomic mass is 16.5. The van der Waals surface area contributed by atoms with Crippen LogP contribution in [0.4, 0.5) is 5.69 Å². The van der Waals surface area contributed by atoms with Gasteiger partial charge in [-0.05, 0) is 32.0 Å². The van der Waals surface area contributed by atoms with Crippen molar-refractivity contribution >= 4 is 11.6 Å². The van der Waals surface area contributed by atoms with E-state index in [9.17, 15) is 4.79 Å². The standard InChI is InChI=1S/C21H21N3O3/c1-3-26-20-10-15-9-14(2)27-19(15)11-18(20)23-21(25)16-12-22-24(13-16)17-7-5-4-6-8-17/h4-8,10-14H,3,9H2,1-2H3,(H,23,25). The van der Waals surface area contributed by atoms with Crippen LogP contribution in [0.5, 0.6) is 11.5 Å². The van der Waals surface area contributed by atoms with Crippen LogP contribution in [0.2, 0.25) is 0 Å². The SMILES string of the molecule is CCOc1cc2c(cc1NC(=O)c1cnn(-c3ccccc3)c1)OC(C)C2. The minimum Gasteiger partial charge on any atom is -0.492 e. The van der Waals surface area contributed by atoms with Crippen LogP contribution in [0.25, 0.3) is 5.69 Å². The number of nitrogens with zero attached hydrogens (tertiary/aromatic N) is 2. The van der Waals surface area contributed by atoms with E-state index in [0.717, 1.165) is 23.4 Å². The number of carbonyl (C=O) groups is 1. The maximum absolute atomic E-state index is 12.7. The largest absolute Gasteiger partial charge is 0.492 e. The highest BCUT2D eigenvalue weighted by Gasteiger charge is 2.23. The number of benzene rings is 2. The molecular formula is C21H21N3O3. The van der Waals surface area contributed by atoms with E-state index in [0.29, 0.717) is 23.6 Å². The van der Waals surface area contributed by atoms with Crippen LogP contribution in [0.3, 0.4) is 0 Å². The van der Waals surface area contributed by atoms with Crippen LogP contribution in [0.1, 0.15) is 29.8 Å². The number of ether oxygens (including phenoxy) is 2. The van der Waals surface area contributed by atoms with Gasteiger partial charge in [-0.2, -0.15) is 5.10 Å². The molecular weight excluding hydrogens is 342 g/mol.